The molecule has 0 amide bonds. The quantitative estimate of drug-likeness (QED) is 0.919. The minimum absolute atomic E-state index is 0.381. The lowest BCUT2D eigenvalue weighted by Crippen LogP contribution is -2.35. The van der Waals surface area contributed by atoms with Gasteiger partial charge in [0, 0.05) is 18.5 Å². The SMILES string of the molecule is CC(NC1CC2CCC1C2)c1ccc2c(c1)OCCCO2. The number of nitrogens with one attached hydrogen (secondary N) is 1. The van der Waals surface area contributed by atoms with Crippen LogP contribution in [0.4, 0.5) is 0 Å². The monoisotopic (exact) mass is 287 g/mol. The lowest BCUT2D eigenvalue weighted by molar-refractivity contribution is 0.296. The van der Waals surface area contributed by atoms with Crippen molar-refractivity contribution < 1.29 is 9.47 Å². The molecule has 4 atom stereocenters. The van der Waals surface area contributed by atoms with Crippen LogP contribution >= 0.6 is 0 Å². The van der Waals surface area contributed by atoms with Crippen molar-refractivity contribution in [1.29, 1.82) is 0 Å². The van der Waals surface area contributed by atoms with E-state index in [-0.39, 0.29) is 0 Å². The molecule has 0 aromatic heterocycles. The van der Waals surface area contributed by atoms with Gasteiger partial charge in [0.15, 0.2) is 11.5 Å². The van der Waals surface area contributed by atoms with Crippen LogP contribution in [0.15, 0.2) is 18.2 Å². The summed E-state index contributed by atoms with van der Waals surface area (Å²) in [5.74, 6) is 3.70. The van der Waals surface area contributed by atoms with Gasteiger partial charge in [0.1, 0.15) is 0 Å². The molecule has 2 bridgehead atoms. The van der Waals surface area contributed by atoms with Gasteiger partial charge in [-0.1, -0.05) is 12.5 Å². The van der Waals surface area contributed by atoms with Crippen molar-refractivity contribution in [2.45, 2.75) is 51.1 Å². The molecule has 3 heteroatoms. The lowest BCUT2D eigenvalue weighted by Gasteiger charge is -2.27. The van der Waals surface area contributed by atoms with Crippen molar-refractivity contribution in [3.63, 3.8) is 0 Å². The fourth-order valence-electron chi connectivity index (χ4n) is 4.32. The first-order valence-corrected chi connectivity index (χ1v) is 8.45. The number of hydrogen-bond acceptors (Lipinski definition) is 3. The highest BCUT2D eigenvalue weighted by atomic mass is 16.5. The van der Waals surface area contributed by atoms with E-state index in [0.29, 0.717) is 6.04 Å². The van der Waals surface area contributed by atoms with Crippen LogP contribution in [-0.2, 0) is 0 Å². The van der Waals surface area contributed by atoms with E-state index in [4.69, 9.17) is 9.47 Å². The summed E-state index contributed by atoms with van der Waals surface area (Å²) in [5, 5.41) is 3.85. The summed E-state index contributed by atoms with van der Waals surface area (Å²) in [6, 6.07) is 7.50. The molecule has 114 valence electrons. The summed E-state index contributed by atoms with van der Waals surface area (Å²) in [6.07, 6.45) is 6.67. The van der Waals surface area contributed by atoms with Gasteiger partial charge in [-0.05, 0) is 55.7 Å². The van der Waals surface area contributed by atoms with Crippen LogP contribution in [0.3, 0.4) is 0 Å². The molecular weight excluding hydrogens is 262 g/mol. The number of hydrogen-bond donors (Lipinski definition) is 1. The second-order valence-electron chi connectivity index (χ2n) is 6.93. The van der Waals surface area contributed by atoms with E-state index < -0.39 is 0 Å². The Labute approximate surface area is 127 Å². The van der Waals surface area contributed by atoms with Gasteiger partial charge in [-0.25, -0.2) is 0 Å². The van der Waals surface area contributed by atoms with Crippen molar-refractivity contribution in [1.82, 2.24) is 5.32 Å². The van der Waals surface area contributed by atoms with Crippen molar-refractivity contribution in [3.05, 3.63) is 23.8 Å². The van der Waals surface area contributed by atoms with Crippen molar-refractivity contribution >= 4 is 0 Å². The number of benzene rings is 1. The van der Waals surface area contributed by atoms with E-state index in [1.54, 1.807) is 0 Å². The number of rotatable bonds is 3. The molecule has 1 heterocycles. The topological polar surface area (TPSA) is 30.5 Å². The molecule has 1 aromatic rings. The Balaban J connectivity index is 1.46. The Bertz CT molecular complexity index is 516. The molecule has 0 radical (unpaired) electrons. The molecule has 3 aliphatic rings. The van der Waals surface area contributed by atoms with Crippen LogP contribution in [0.5, 0.6) is 11.5 Å². The minimum Gasteiger partial charge on any atom is -0.490 e. The van der Waals surface area contributed by atoms with Crippen LogP contribution in [-0.4, -0.2) is 19.3 Å². The highest BCUT2D eigenvalue weighted by Gasteiger charge is 2.39. The number of fused-ring (bicyclic) bond motifs is 3. The van der Waals surface area contributed by atoms with Gasteiger partial charge < -0.3 is 14.8 Å². The molecule has 2 saturated carbocycles. The molecule has 2 fully saturated rings. The second kappa shape index (κ2) is 5.53. The number of ether oxygens (including phenoxy) is 2. The molecule has 1 aliphatic heterocycles. The van der Waals surface area contributed by atoms with E-state index >= 15 is 0 Å². The maximum Gasteiger partial charge on any atom is 0.161 e. The summed E-state index contributed by atoms with van der Waals surface area (Å²) in [4.78, 5) is 0. The largest absolute Gasteiger partial charge is 0.490 e. The average molecular weight is 287 g/mol. The Morgan fingerprint density at radius 2 is 1.95 bits per heavy atom. The average Bonchev–Trinajstić information content (AvgIpc) is 3.02. The Hall–Kier alpha value is -1.22. The van der Waals surface area contributed by atoms with Crippen molar-refractivity contribution in [3.8, 4) is 11.5 Å². The molecule has 2 aliphatic carbocycles. The first-order chi connectivity index (χ1) is 10.3. The molecule has 4 rings (SSSR count). The first-order valence-electron chi connectivity index (χ1n) is 8.45. The van der Waals surface area contributed by atoms with Gasteiger partial charge in [-0.3, -0.25) is 0 Å². The van der Waals surface area contributed by atoms with Crippen molar-refractivity contribution in [2.24, 2.45) is 11.8 Å². The van der Waals surface area contributed by atoms with E-state index in [2.05, 4.69) is 30.4 Å². The summed E-state index contributed by atoms with van der Waals surface area (Å²) < 4.78 is 11.5. The van der Waals surface area contributed by atoms with E-state index in [1.165, 1.54) is 31.2 Å². The van der Waals surface area contributed by atoms with Crippen LogP contribution in [0, 0.1) is 11.8 Å². The van der Waals surface area contributed by atoms with Crippen LogP contribution in [0.2, 0.25) is 0 Å². The smallest absolute Gasteiger partial charge is 0.161 e. The fraction of sp³-hybridized carbons (Fsp3) is 0.667. The Morgan fingerprint density at radius 1 is 1.10 bits per heavy atom. The molecule has 21 heavy (non-hydrogen) atoms. The molecule has 1 aromatic carbocycles. The zero-order chi connectivity index (χ0) is 14.2. The van der Waals surface area contributed by atoms with E-state index in [9.17, 15) is 0 Å². The predicted molar refractivity (Wildman–Crippen MR) is 82.8 cm³/mol. The van der Waals surface area contributed by atoms with Crippen LogP contribution < -0.4 is 14.8 Å². The molecule has 3 nitrogen and oxygen atoms in total. The second-order valence-corrected chi connectivity index (χ2v) is 6.93. The maximum absolute atomic E-state index is 5.81. The highest BCUT2D eigenvalue weighted by molar-refractivity contribution is 5.44. The molecular formula is C18H25NO2. The summed E-state index contributed by atoms with van der Waals surface area (Å²) in [7, 11) is 0. The summed E-state index contributed by atoms with van der Waals surface area (Å²) in [5.41, 5.74) is 1.31. The standard InChI is InChI=1S/C18H25NO2/c1-12(19-16-10-13-3-4-15(16)9-13)14-5-6-17-18(11-14)21-8-2-7-20-17/h5-6,11-13,15-16,19H,2-4,7-10H2,1H3. The molecule has 0 spiro atoms. The van der Waals surface area contributed by atoms with Gasteiger partial charge >= 0.3 is 0 Å². The molecule has 1 N–H and O–H groups in total. The Morgan fingerprint density at radius 3 is 2.71 bits per heavy atom. The van der Waals surface area contributed by atoms with Gasteiger partial charge in [-0.15, -0.1) is 0 Å². The molecule has 4 unspecified atom stereocenters. The highest BCUT2D eigenvalue weighted by Crippen LogP contribution is 2.45. The normalized spacial score (nSPS) is 32.0. The first kappa shape index (κ1) is 13.4. The van der Waals surface area contributed by atoms with E-state index in [1.807, 2.05) is 0 Å². The van der Waals surface area contributed by atoms with Gasteiger partial charge in [0.2, 0.25) is 0 Å². The third-order valence-electron chi connectivity index (χ3n) is 5.47. The zero-order valence-electron chi connectivity index (χ0n) is 12.8. The fourth-order valence-corrected chi connectivity index (χ4v) is 4.32. The predicted octanol–water partition coefficient (Wildman–Crippen LogP) is 3.69. The maximum atomic E-state index is 5.81. The van der Waals surface area contributed by atoms with Gasteiger partial charge in [0.25, 0.3) is 0 Å². The third-order valence-corrected chi connectivity index (χ3v) is 5.47. The van der Waals surface area contributed by atoms with Crippen molar-refractivity contribution in [2.75, 3.05) is 13.2 Å². The van der Waals surface area contributed by atoms with Gasteiger partial charge in [-0.2, -0.15) is 0 Å². The third kappa shape index (κ3) is 2.64. The van der Waals surface area contributed by atoms with Crippen LogP contribution in [0.25, 0.3) is 0 Å². The molecule has 0 saturated heterocycles. The zero-order valence-corrected chi connectivity index (χ0v) is 12.8. The van der Waals surface area contributed by atoms with Gasteiger partial charge in [0.05, 0.1) is 13.2 Å². The summed E-state index contributed by atoms with van der Waals surface area (Å²) in [6.45, 7) is 3.78. The Kier molecular flexibility index (Phi) is 3.54. The summed E-state index contributed by atoms with van der Waals surface area (Å²) >= 11 is 0. The van der Waals surface area contributed by atoms with E-state index in [0.717, 1.165) is 49.0 Å². The minimum atomic E-state index is 0.381. The lowest BCUT2D eigenvalue weighted by atomic mass is 9.94. The van der Waals surface area contributed by atoms with Crippen LogP contribution in [0.1, 0.15) is 50.6 Å².